The number of thioether (sulfide) groups is 1. The van der Waals surface area contributed by atoms with Crippen LogP contribution < -0.4 is 10.9 Å². The number of nitrogens with zero attached hydrogens (tertiary/aromatic N) is 4. The number of amides is 1. The number of fused-ring (bicyclic) bond motifs is 1. The van der Waals surface area contributed by atoms with Crippen LogP contribution in [-0.2, 0) is 11.3 Å². The van der Waals surface area contributed by atoms with Gasteiger partial charge in [0.2, 0.25) is 5.91 Å². The van der Waals surface area contributed by atoms with E-state index in [4.69, 9.17) is 11.6 Å². The van der Waals surface area contributed by atoms with Crippen LogP contribution in [0.1, 0.15) is 0 Å². The molecule has 2 heterocycles. The normalized spacial score (nSPS) is 10.8. The molecule has 0 fully saturated rings. The van der Waals surface area contributed by atoms with E-state index in [0.29, 0.717) is 21.5 Å². The lowest BCUT2D eigenvalue weighted by atomic mass is 10.3. The van der Waals surface area contributed by atoms with Crippen molar-refractivity contribution in [1.29, 1.82) is 0 Å². The lowest BCUT2D eigenvalue weighted by Gasteiger charge is -2.08. The molecule has 3 aromatic rings. The first-order valence-electron chi connectivity index (χ1n) is 6.88. The van der Waals surface area contributed by atoms with Crippen molar-refractivity contribution in [2.75, 3.05) is 11.6 Å². The van der Waals surface area contributed by atoms with Crippen molar-refractivity contribution in [2.24, 2.45) is 0 Å². The minimum Gasteiger partial charge on any atom is -0.325 e. The predicted molar refractivity (Wildman–Crippen MR) is 93.5 cm³/mol. The Kier molecular flexibility index (Phi) is 4.77. The number of carbonyl (C=O) groups excluding carboxylic acids is 1. The first-order chi connectivity index (χ1) is 11.6. The Bertz CT molecular complexity index is 958. The molecule has 0 aliphatic heterocycles. The predicted octanol–water partition coefficient (Wildman–Crippen LogP) is 2.20. The summed E-state index contributed by atoms with van der Waals surface area (Å²) < 4.78 is 1.22. The molecule has 0 saturated carbocycles. The van der Waals surface area contributed by atoms with Crippen LogP contribution in [0.2, 0.25) is 5.02 Å². The first kappa shape index (κ1) is 16.4. The summed E-state index contributed by atoms with van der Waals surface area (Å²) in [6.07, 6.45) is 4.57. The molecule has 24 heavy (non-hydrogen) atoms. The summed E-state index contributed by atoms with van der Waals surface area (Å²) in [5, 5.41) is 4.08. The standard InChI is InChI=1S/C15H12ClN5O2S/c1-24-15-17-6-11-13(20-15)18-8-21(14(11)23)7-12(22)19-10-4-2-9(16)3-5-10/h2-6,8H,7H2,1H3,(H,19,22). The van der Waals surface area contributed by atoms with Crippen molar-refractivity contribution in [3.63, 3.8) is 0 Å². The first-order valence-corrected chi connectivity index (χ1v) is 8.48. The zero-order valence-corrected chi connectivity index (χ0v) is 14.1. The highest BCUT2D eigenvalue weighted by molar-refractivity contribution is 7.98. The minimum atomic E-state index is -0.362. The van der Waals surface area contributed by atoms with Crippen LogP contribution in [0.5, 0.6) is 0 Å². The highest BCUT2D eigenvalue weighted by atomic mass is 35.5. The SMILES string of the molecule is CSc1ncc2c(=O)n(CC(=O)Nc3ccc(Cl)cc3)cnc2n1. The average molecular weight is 362 g/mol. The zero-order valence-electron chi connectivity index (χ0n) is 12.6. The van der Waals surface area contributed by atoms with Gasteiger partial charge in [-0.3, -0.25) is 14.2 Å². The Balaban J connectivity index is 1.82. The fourth-order valence-corrected chi connectivity index (χ4v) is 2.50. The monoisotopic (exact) mass is 361 g/mol. The quantitative estimate of drug-likeness (QED) is 0.566. The molecule has 9 heteroatoms. The summed E-state index contributed by atoms with van der Waals surface area (Å²) in [5.41, 5.74) is 0.548. The molecule has 0 bridgehead atoms. The van der Waals surface area contributed by atoms with Gasteiger partial charge in [-0.15, -0.1) is 0 Å². The third-order valence-electron chi connectivity index (χ3n) is 3.18. The Morgan fingerprint density at radius 3 is 2.75 bits per heavy atom. The highest BCUT2D eigenvalue weighted by Gasteiger charge is 2.10. The molecular formula is C15H12ClN5O2S. The molecule has 1 N–H and O–H groups in total. The zero-order chi connectivity index (χ0) is 17.1. The topological polar surface area (TPSA) is 89.8 Å². The van der Waals surface area contributed by atoms with Crippen molar-refractivity contribution in [3.05, 3.63) is 52.2 Å². The van der Waals surface area contributed by atoms with Crippen LogP contribution in [0.15, 0.2) is 46.7 Å². The Labute approximate surface area is 146 Å². The lowest BCUT2D eigenvalue weighted by molar-refractivity contribution is -0.116. The minimum absolute atomic E-state index is 0.158. The van der Waals surface area contributed by atoms with E-state index in [2.05, 4.69) is 20.3 Å². The molecule has 0 spiro atoms. The van der Waals surface area contributed by atoms with Crippen molar-refractivity contribution in [1.82, 2.24) is 19.5 Å². The van der Waals surface area contributed by atoms with Gasteiger partial charge >= 0.3 is 0 Å². The van der Waals surface area contributed by atoms with E-state index < -0.39 is 0 Å². The molecule has 1 aromatic carbocycles. The second kappa shape index (κ2) is 6.98. The van der Waals surface area contributed by atoms with E-state index >= 15 is 0 Å². The molecule has 0 unspecified atom stereocenters. The smallest absolute Gasteiger partial charge is 0.264 e. The fourth-order valence-electron chi connectivity index (χ4n) is 2.04. The van der Waals surface area contributed by atoms with E-state index in [1.54, 1.807) is 24.3 Å². The van der Waals surface area contributed by atoms with Gasteiger partial charge in [0, 0.05) is 16.9 Å². The number of rotatable bonds is 4. The number of anilines is 1. The van der Waals surface area contributed by atoms with Gasteiger partial charge in [0.1, 0.15) is 18.3 Å². The number of benzene rings is 1. The van der Waals surface area contributed by atoms with Crippen LogP contribution in [0.25, 0.3) is 11.0 Å². The van der Waals surface area contributed by atoms with Crippen LogP contribution in [0.3, 0.4) is 0 Å². The van der Waals surface area contributed by atoms with E-state index in [1.165, 1.54) is 28.9 Å². The lowest BCUT2D eigenvalue weighted by Crippen LogP contribution is -2.28. The van der Waals surface area contributed by atoms with Crippen LogP contribution in [0, 0.1) is 0 Å². The maximum Gasteiger partial charge on any atom is 0.264 e. The Hall–Kier alpha value is -2.45. The van der Waals surface area contributed by atoms with Gasteiger partial charge in [0.05, 0.1) is 0 Å². The van der Waals surface area contributed by atoms with Gasteiger partial charge < -0.3 is 5.32 Å². The van der Waals surface area contributed by atoms with E-state index in [0.717, 1.165) is 0 Å². The van der Waals surface area contributed by atoms with E-state index in [1.807, 2.05) is 6.26 Å². The van der Waals surface area contributed by atoms with Crippen LogP contribution in [0.4, 0.5) is 5.69 Å². The van der Waals surface area contributed by atoms with Gasteiger partial charge in [0.15, 0.2) is 10.8 Å². The summed E-state index contributed by atoms with van der Waals surface area (Å²) in [5.74, 6) is -0.345. The van der Waals surface area contributed by atoms with Crippen LogP contribution in [-0.4, -0.2) is 31.7 Å². The molecule has 0 saturated heterocycles. The van der Waals surface area contributed by atoms with Crippen LogP contribution >= 0.6 is 23.4 Å². The third kappa shape index (κ3) is 3.55. The van der Waals surface area contributed by atoms with Crippen molar-refractivity contribution in [3.8, 4) is 0 Å². The number of nitrogens with one attached hydrogen (secondary N) is 1. The number of hydrogen-bond acceptors (Lipinski definition) is 6. The summed E-state index contributed by atoms with van der Waals surface area (Å²) in [6.45, 7) is -0.158. The molecule has 3 rings (SSSR count). The van der Waals surface area contributed by atoms with Gasteiger partial charge in [-0.25, -0.2) is 15.0 Å². The highest BCUT2D eigenvalue weighted by Crippen LogP contribution is 2.13. The number of hydrogen-bond donors (Lipinski definition) is 1. The summed E-state index contributed by atoms with van der Waals surface area (Å²) in [6, 6.07) is 6.70. The number of aromatic nitrogens is 4. The molecule has 2 aromatic heterocycles. The van der Waals surface area contributed by atoms with Crippen molar-refractivity contribution >= 4 is 46.0 Å². The maximum absolute atomic E-state index is 12.4. The van der Waals surface area contributed by atoms with Gasteiger partial charge in [-0.05, 0) is 30.5 Å². The van der Waals surface area contributed by atoms with Gasteiger partial charge in [0.25, 0.3) is 5.56 Å². The van der Waals surface area contributed by atoms with E-state index in [-0.39, 0.29) is 23.4 Å². The maximum atomic E-state index is 12.4. The Morgan fingerprint density at radius 1 is 1.29 bits per heavy atom. The average Bonchev–Trinajstić information content (AvgIpc) is 2.59. The summed E-state index contributed by atoms with van der Waals surface area (Å²) in [4.78, 5) is 36.8. The molecule has 0 aliphatic carbocycles. The number of halogens is 1. The van der Waals surface area contributed by atoms with Crippen molar-refractivity contribution < 1.29 is 4.79 Å². The molecule has 1 amide bonds. The second-order valence-corrected chi connectivity index (χ2v) is 6.04. The Morgan fingerprint density at radius 2 is 2.04 bits per heavy atom. The fraction of sp³-hybridized carbons (Fsp3) is 0.133. The van der Waals surface area contributed by atoms with Crippen molar-refractivity contribution in [2.45, 2.75) is 11.7 Å². The largest absolute Gasteiger partial charge is 0.325 e. The summed E-state index contributed by atoms with van der Waals surface area (Å²) >= 11 is 7.16. The van der Waals surface area contributed by atoms with Gasteiger partial charge in [-0.1, -0.05) is 23.4 Å². The molecule has 0 radical (unpaired) electrons. The van der Waals surface area contributed by atoms with E-state index in [9.17, 15) is 9.59 Å². The summed E-state index contributed by atoms with van der Waals surface area (Å²) in [7, 11) is 0. The second-order valence-electron chi connectivity index (χ2n) is 4.83. The molecule has 122 valence electrons. The molecule has 0 aliphatic rings. The molecule has 7 nitrogen and oxygen atoms in total. The molecular weight excluding hydrogens is 350 g/mol. The third-order valence-corrected chi connectivity index (χ3v) is 4.00. The van der Waals surface area contributed by atoms with Gasteiger partial charge in [-0.2, -0.15) is 0 Å². The number of carbonyl (C=O) groups is 1. The molecule has 0 atom stereocenters.